The highest BCUT2D eigenvalue weighted by molar-refractivity contribution is 5.85. The molecule has 4 heterocycles. The van der Waals surface area contributed by atoms with E-state index in [4.69, 9.17) is 5.26 Å². The minimum atomic E-state index is -4.73. The van der Waals surface area contributed by atoms with Gasteiger partial charge in [-0.05, 0) is 49.6 Å². The molecule has 5 rings (SSSR count). The van der Waals surface area contributed by atoms with Gasteiger partial charge in [-0.2, -0.15) is 5.26 Å². The summed E-state index contributed by atoms with van der Waals surface area (Å²) in [6.45, 7) is 4.91. The van der Waals surface area contributed by atoms with Crippen LogP contribution in [0.5, 0.6) is 5.75 Å². The van der Waals surface area contributed by atoms with Crippen molar-refractivity contribution < 1.29 is 17.9 Å². The maximum Gasteiger partial charge on any atom is 0.573 e. The van der Waals surface area contributed by atoms with E-state index in [1.807, 2.05) is 13.0 Å². The lowest BCUT2D eigenvalue weighted by Crippen LogP contribution is -2.47. The number of aryl methyl sites for hydroxylation is 1. The Hall–Kier alpha value is -3.61. The van der Waals surface area contributed by atoms with E-state index in [1.54, 1.807) is 18.5 Å². The van der Waals surface area contributed by atoms with E-state index in [0.717, 1.165) is 61.9 Å². The summed E-state index contributed by atoms with van der Waals surface area (Å²) >= 11 is 0. The topological polar surface area (TPSA) is 78.2 Å². The van der Waals surface area contributed by atoms with E-state index in [-0.39, 0.29) is 17.6 Å². The fourth-order valence-corrected chi connectivity index (χ4v) is 4.65. The molecule has 2 aliphatic heterocycles. The Morgan fingerprint density at radius 3 is 2.50 bits per heavy atom. The summed E-state index contributed by atoms with van der Waals surface area (Å²) in [4.78, 5) is 18.2. The summed E-state index contributed by atoms with van der Waals surface area (Å²) in [5.74, 6) is 1.73. The fraction of sp³-hybridized carbons (Fsp3) is 0.417. The molecule has 0 atom stereocenters. The van der Waals surface area contributed by atoms with Gasteiger partial charge >= 0.3 is 6.36 Å². The molecular formula is C24H23F3N6O. The van der Waals surface area contributed by atoms with E-state index in [0.29, 0.717) is 10.9 Å². The van der Waals surface area contributed by atoms with Crippen LogP contribution in [0.2, 0.25) is 0 Å². The predicted octanol–water partition coefficient (Wildman–Crippen LogP) is 4.58. The average Bonchev–Trinajstić information content (AvgIpc) is 2.78. The van der Waals surface area contributed by atoms with Crippen LogP contribution in [0.15, 0.2) is 36.7 Å². The summed E-state index contributed by atoms with van der Waals surface area (Å²) in [6.07, 6.45) is 0.351. The Bertz CT molecular complexity index is 1240. The van der Waals surface area contributed by atoms with Crippen LogP contribution in [0.4, 0.5) is 24.8 Å². The molecule has 2 aliphatic rings. The van der Waals surface area contributed by atoms with Crippen LogP contribution in [0.1, 0.15) is 30.0 Å². The summed E-state index contributed by atoms with van der Waals surface area (Å²) in [7, 11) is 0. The number of hydrogen-bond donors (Lipinski definition) is 0. The molecule has 176 valence electrons. The number of hydrogen-bond acceptors (Lipinski definition) is 7. The number of nitrogens with zero attached hydrogens (tertiary/aromatic N) is 6. The zero-order valence-corrected chi connectivity index (χ0v) is 18.6. The third kappa shape index (κ3) is 4.42. The molecule has 0 amide bonds. The van der Waals surface area contributed by atoms with Crippen LogP contribution < -0.4 is 14.5 Å². The molecule has 0 saturated carbocycles. The van der Waals surface area contributed by atoms with Gasteiger partial charge in [0, 0.05) is 55.8 Å². The Kier molecular flexibility index (Phi) is 5.63. The van der Waals surface area contributed by atoms with Crippen molar-refractivity contribution in [1.29, 1.82) is 5.26 Å². The van der Waals surface area contributed by atoms with Crippen molar-refractivity contribution in [2.45, 2.75) is 32.0 Å². The Morgan fingerprint density at radius 2 is 1.79 bits per heavy atom. The first-order valence-corrected chi connectivity index (χ1v) is 11.2. The molecule has 0 N–H and O–H groups in total. The van der Waals surface area contributed by atoms with Crippen molar-refractivity contribution in [2.24, 2.45) is 5.92 Å². The first-order valence-electron chi connectivity index (χ1n) is 11.2. The molecule has 1 aromatic carbocycles. The number of aromatic nitrogens is 3. The number of alkyl halides is 3. The quantitative estimate of drug-likeness (QED) is 0.555. The number of pyridine rings is 1. The van der Waals surface area contributed by atoms with E-state index in [9.17, 15) is 13.2 Å². The number of nitriles is 1. The zero-order chi connectivity index (χ0) is 23.9. The van der Waals surface area contributed by atoms with Crippen LogP contribution in [0, 0.1) is 24.2 Å². The lowest BCUT2D eigenvalue weighted by atomic mass is 9.93. The molecule has 7 nitrogen and oxygen atoms in total. The van der Waals surface area contributed by atoms with E-state index < -0.39 is 6.36 Å². The number of fused-ring (bicyclic) bond motifs is 1. The van der Waals surface area contributed by atoms with E-state index in [1.165, 1.54) is 12.1 Å². The van der Waals surface area contributed by atoms with Crippen molar-refractivity contribution in [3.63, 3.8) is 0 Å². The van der Waals surface area contributed by atoms with Gasteiger partial charge in [0.2, 0.25) is 0 Å². The van der Waals surface area contributed by atoms with Gasteiger partial charge in [-0.1, -0.05) is 0 Å². The van der Waals surface area contributed by atoms with Crippen molar-refractivity contribution in [3.8, 4) is 11.8 Å². The number of anilines is 2. The predicted molar refractivity (Wildman–Crippen MR) is 121 cm³/mol. The maximum absolute atomic E-state index is 12.6. The molecule has 0 spiro atoms. The third-order valence-corrected chi connectivity index (χ3v) is 6.48. The molecule has 0 radical (unpaired) electrons. The molecule has 3 aromatic rings. The van der Waals surface area contributed by atoms with Gasteiger partial charge < -0.3 is 14.5 Å². The van der Waals surface area contributed by atoms with Gasteiger partial charge in [0.1, 0.15) is 11.6 Å². The largest absolute Gasteiger partial charge is 0.573 e. The zero-order valence-electron chi connectivity index (χ0n) is 18.6. The second-order valence-corrected chi connectivity index (χ2v) is 8.78. The first kappa shape index (κ1) is 22.2. The summed E-state index contributed by atoms with van der Waals surface area (Å²) in [5, 5.41) is 9.78. The van der Waals surface area contributed by atoms with E-state index in [2.05, 4.69) is 35.6 Å². The second kappa shape index (κ2) is 8.63. The number of rotatable bonds is 4. The Balaban J connectivity index is 1.31. The van der Waals surface area contributed by atoms with E-state index >= 15 is 0 Å². The highest BCUT2D eigenvalue weighted by Gasteiger charge is 2.35. The van der Waals surface area contributed by atoms with Crippen molar-refractivity contribution >= 4 is 22.5 Å². The molecule has 0 aliphatic carbocycles. The second-order valence-electron chi connectivity index (χ2n) is 8.78. The molecular weight excluding hydrogens is 445 g/mol. The summed E-state index contributed by atoms with van der Waals surface area (Å²) < 4.78 is 41.7. The number of piperidine rings is 1. The van der Waals surface area contributed by atoms with Gasteiger partial charge in [-0.25, -0.2) is 9.97 Å². The molecule has 0 bridgehead atoms. The lowest BCUT2D eigenvalue weighted by Gasteiger charge is -2.41. The molecule has 2 saturated heterocycles. The van der Waals surface area contributed by atoms with Crippen molar-refractivity contribution in [3.05, 3.63) is 47.9 Å². The lowest BCUT2D eigenvalue weighted by molar-refractivity contribution is -0.274. The molecule has 2 fully saturated rings. The fourth-order valence-electron chi connectivity index (χ4n) is 4.65. The normalized spacial score (nSPS) is 17.5. The van der Waals surface area contributed by atoms with Gasteiger partial charge in [0.25, 0.3) is 0 Å². The third-order valence-electron chi connectivity index (χ3n) is 6.48. The van der Waals surface area contributed by atoms with Crippen LogP contribution in [-0.2, 0) is 0 Å². The molecule has 10 heteroatoms. The Morgan fingerprint density at radius 1 is 1.06 bits per heavy atom. The number of halogens is 3. The SMILES string of the molecule is Cc1cc(N2CC(c3nccnc3N3CCC(C#N)CC3)C2)nc2ccc(OC(F)(F)F)cc12. The molecule has 34 heavy (non-hydrogen) atoms. The minimum absolute atomic E-state index is 0.105. The van der Waals surface area contributed by atoms with Crippen LogP contribution in [0.25, 0.3) is 10.9 Å². The minimum Gasteiger partial charge on any atom is -0.406 e. The smallest absolute Gasteiger partial charge is 0.406 e. The van der Waals surface area contributed by atoms with Crippen LogP contribution in [0.3, 0.4) is 0 Å². The van der Waals surface area contributed by atoms with Crippen molar-refractivity contribution in [1.82, 2.24) is 15.0 Å². The van der Waals surface area contributed by atoms with Gasteiger partial charge in [-0.15, -0.1) is 13.2 Å². The van der Waals surface area contributed by atoms with Crippen LogP contribution in [-0.4, -0.2) is 47.5 Å². The highest BCUT2D eigenvalue weighted by atomic mass is 19.4. The molecule has 0 unspecified atom stereocenters. The molecule has 2 aromatic heterocycles. The highest BCUT2D eigenvalue weighted by Crippen LogP contribution is 2.36. The number of ether oxygens (including phenoxy) is 1. The van der Waals surface area contributed by atoms with Gasteiger partial charge in [0.15, 0.2) is 5.82 Å². The summed E-state index contributed by atoms with van der Waals surface area (Å²) in [5.41, 5.74) is 2.41. The standard InChI is InChI=1S/C24H23F3N6O/c1-15-10-21(31-20-3-2-18(11-19(15)20)34-24(25,26)27)33-13-17(14-33)22-23(30-7-6-29-22)32-8-4-16(12-28)5-9-32/h2-3,6-7,10-11,16-17H,4-5,8-9,13-14H2,1H3. The summed E-state index contributed by atoms with van der Waals surface area (Å²) in [6, 6.07) is 8.45. The van der Waals surface area contributed by atoms with Gasteiger partial charge in [-0.3, -0.25) is 4.98 Å². The van der Waals surface area contributed by atoms with Gasteiger partial charge in [0.05, 0.1) is 17.3 Å². The van der Waals surface area contributed by atoms with Crippen molar-refractivity contribution in [2.75, 3.05) is 36.0 Å². The first-order chi connectivity index (χ1) is 16.3. The van der Waals surface area contributed by atoms with Crippen LogP contribution >= 0.6 is 0 Å². The Labute approximate surface area is 194 Å². The average molecular weight is 468 g/mol. The maximum atomic E-state index is 12.6. The monoisotopic (exact) mass is 468 g/mol. The number of benzene rings is 1.